The summed E-state index contributed by atoms with van der Waals surface area (Å²) in [6.07, 6.45) is 5.12. The van der Waals surface area contributed by atoms with Crippen molar-refractivity contribution in [1.82, 2.24) is 10.2 Å². The lowest BCUT2D eigenvalue weighted by molar-refractivity contribution is 0.981. The second-order valence-corrected chi connectivity index (χ2v) is 4.44. The van der Waals surface area contributed by atoms with Crippen LogP contribution in [0.5, 0.6) is 0 Å². The predicted octanol–water partition coefficient (Wildman–Crippen LogP) is 3.49. The number of benzene rings is 1. The van der Waals surface area contributed by atoms with E-state index in [0.29, 0.717) is 4.47 Å². The molecule has 0 spiro atoms. The van der Waals surface area contributed by atoms with Crippen molar-refractivity contribution in [2.75, 3.05) is 0 Å². The smallest absolute Gasteiger partial charge is 0.267 e. The van der Waals surface area contributed by atoms with E-state index >= 15 is 0 Å². The lowest BCUT2D eigenvalue weighted by Gasteiger charge is -2.10. The number of halogens is 1. The fourth-order valence-corrected chi connectivity index (χ4v) is 2.20. The van der Waals surface area contributed by atoms with Gasteiger partial charge in [0.1, 0.15) is 0 Å². The molecule has 18 heavy (non-hydrogen) atoms. The Labute approximate surface area is 113 Å². The van der Waals surface area contributed by atoms with E-state index in [0.717, 1.165) is 22.3 Å². The summed E-state index contributed by atoms with van der Waals surface area (Å²) < 4.78 is 0.460. The minimum absolute atomic E-state index is 0.258. The minimum atomic E-state index is -0.258. The van der Waals surface area contributed by atoms with Crippen LogP contribution in [0.2, 0.25) is 0 Å². The van der Waals surface area contributed by atoms with E-state index in [-0.39, 0.29) is 5.56 Å². The van der Waals surface area contributed by atoms with Crippen molar-refractivity contribution in [3.05, 3.63) is 63.5 Å². The van der Waals surface area contributed by atoms with E-state index in [1.165, 1.54) is 0 Å². The fourth-order valence-electron chi connectivity index (χ4n) is 1.80. The van der Waals surface area contributed by atoms with Crippen LogP contribution in [0.1, 0.15) is 11.1 Å². The van der Waals surface area contributed by atoms with Gasteiger partial charge in [-0.2, -0.15) is 5.10 Å². The molecule has 1 aromatic carbocycles. The molecule has 0 bridgehead atoms. The Bertz CT molecular complexity index is 674. The van der Waals surface area contributed by atoms with Crippen LogP contribution >= 0.6 is 15.9 Å². The number of hydrogen-bond acceptors (Lipinski definition) is 2. The van der Waals surface area contributed by atoms with Crippen LogP contribution in [0, 0.1) is 0 Å². The first-order valence-electron chi connectivity index (χ1n) is 5.30. The standard InChI is InChI=1S/C14H11BrN2O/c1-3-9-6-5-7-11(10(9)4-2)12-8-16-17-14(18)13(12)15/h3-8H,1-2H2,(H,17,18). The molecule has 0 aliphatic heterocycles. The molecule has 0 aliphatic rings. The SMILES string of the molecule is C=Cc1cccc(-c2cn[nH]c(=O)c2Br)c1C=C. The summed E-state index contributed by atoms with van der Waals surface area (Å²) in [7, 11) is 0. The van der Waals surface area contributed by atoms with Gasteiger partial charge >= 0.3 is 0 Å². The van der Waals surface area contributed by atoms with Gasteiger partial charge in [0.05, 0.1) is 10.7 Å². The Morgan fingerprint density at radius 2 is 2.00 bits per heavy atom. The van der Waals surface area contributed by atoms with Gasteiger partial charge in [-0.15, -0.1) is 0 Å². The number of rotatable bonds is 3. The third kappa shape index (κ3) is 2.07. The molecule has 0 aliphatic carbocycles. The Balaban J connectivity index is 2.79. The van der Waals surface area contributed by atoms with Gasteiger partial charge in [-0.25, -0.2) is 5.10 Å². The average Bonchev–Trinajstić information content (AvgIpc) is 2.41. The summed E-state index contributed by atoms with van der Waals surface area (Å²) in [4.78, 5) is 11.6. The molecule has 3 nitrogen and oxygen atoms in total. The minimum Gasteiger partial charge on any atom is -0.267 e. The van der Waals surface area contributed by atoms with Crippen LogP contribution in [0.4, 0.5) is 0 Å². The molecular weight excluding hydrogens is 292 g/mol. The van der Waals surface area contributed by atoms with Crippen LogP contribution in [0.15, 0.2) is 46.8 Å². The number of aromatic amines is 1. The fraction of sp³-hybridized carbons (Fsp3) is 0. The van der Waals surface area contributed by atoms with Crippen LogP contribution in [-0.4, -0.2) is 10.2 Å². The van der Waals surface area contributed by atoms with Crippen molar-refractivity contribution in [1.29, 1.82) is 0 Å². The summed E-state index contributed by atoms with van der Waals surface area (Å²) >= 11 is 3.28. The summed E-state index contributed by atoms with van der Waals surface area (Å²) in [6.45, 7) is 7.58. The highest BCUT2D eigenvalue weighted by atomic mass is 79.9. The molecule has 0 saturated heterocycles. The quantitative estimate of drug-likeness (QED) is 0.943. The van der Waals surface area contributed by atoms with Gasteiger partial charge in [-0.1, -0.05) is 43.5 Å². The summed E-state index contributed by atoms with van der Waals surface area (Å²) in [6, 6.07) is 5.78. The van der Waals surface area contributed by atoms with Crippen molar-refractivity contribution >= 4 is 28.1 Å². The van der Waals surface area contributed by atoms with Gasteiger partial charge in [0.2, 0.25) is 0 Å². The first-order chi connectivity index (χ1) is 8.69. The number of hydrogen-bond donors (Lipinski definition) is 1. The third-order valence-electron chi connectivity index (χ3n) is 2.65. The van der Waals surface area contributed by atoms with Crippen LogP contribution in [0.3, 0.4) is 0 Å². The van der Waals surface area contributed by atoms with Crippen molar-refractivity contribution in [2.24, 2.45) is 0 Å². The Morgan fingerprint density at radius 3 is 2.67 bits per heavy atom. The lowest BCUT2D eigenvalue weighted by Crippen LogP contribution is -2.09. The molecule has 0 saturated carbocycles. The zero-order valence-corrected chi connectivity index (χ0v) is 11.2. The summed E-state index contributed by atoms with van der Waals surface area (Å²) in [5, 5.41) is 6.20. The normalized spacial score (nSPS) is 10.1. The van der Waals surface area contributed by atoms with Crippen molar-refractivity contribution in [3.8, 4) is 11.1 Å². The molecule has 1 aromatic heterocycles. The predicted molar refractivity (Wildman–Crippen MR) is 78.2 cm³/mol. The molecule has 0 amide bonds. The van der Waals surface area contributed by atoms with Crippen LogP contribution < -0.4 is 5.56 Å². The van der Waals surface area contributed by atoms with Gasteiger partial charge in [0.15, 0.2) is 0 Å². The first-order valence-corrected chi connectivity index (χ1v) is 6.09. The molecule has 1 N–H and O–H groups in total. The summed E-state index contributed by atoms with van der Waals surface area (Å²) in [5.41, 5.74) is 3.27. The van der Waals surface area contributed by atoms with Crippen LogP contribution in [-0.2, 0) is 0 Å². The van der Waals surface area contributed by atoms with Gasteiger partial charge in [0.25, 0.3) is 5.56 Å². The highest BCUT2D eigenvalue weighted by Gasteiger charge is 2.11. The zero-order valence-electron chi connectivity index (χ0n) is 9.61. The zero-order chi connectivity index (χ0) is 13.1. The van der Waals surface area contributed by atoms with Gasteiger partial charge in [0, 0.05) is 5.56 Å². The Morgan fingerprint density at radius 1 is 1.22 bits per heavy atom. The van der Waals surface area contributed by atoms with E-state index in [4.69, 9.17) is 0 Å². The molecule has 0 atom stereocenters. The molecule has 0 radical (unpaired) electrons. The van der Waals surface area contributed by atoms with E-state index < -0.39 is 0 Å². The average molecular weight is 303 g/mol. The second-order valence-electron chi connectivity index (χ2n) is 3.64. The Hall–Kier alpha value is -1.94. The van der Waals surface area contributed by atoms with E-state index in [1.54, 1.807) is 18.3 Å². The van der Waals surface area contributed by atoms with E-state index in [9.17, 15) is 4.79 Å². The third-order valence-corrected chi connectivity index (χ3v) is 3.44. The monoisotopic (exact) mass is 302 g/mol. The van der Waals surface area contributed by atoms with E-state index in [1.807, 2.05) is 18.2 Å². The lowest BCUT2D eigenvalue weighted by atomic mass is 9.96. The van der Waals surface area contributed by atoms with E-state index in [2.05, 4.69) is 39.3 Å². The van der Waals surface area contributed by atoms with Gasteiger partial charge < -0.3 is 0 Å². The Kier molecular flexibility index (Phi) is 3.58. The number of aromatic nitrogens is 2. The maximum absolute atomic E-state index is 11.6. The molecule has 0 unspecified atom stereocenters. The second kappa shape index (κ2) is 5.14. The highest BCUT2D eigenvalue weighted by Crippen LogP contribution is 2.30. The number of nitrogens with zero attached hydrogens (tertiary/aromatic N) is 1. The van der Waals surface area contributed by atoms with Crippen LogP contribution in [0.25, 0.3) is 23.3 Å². The maximum atomic E-state index is 11.6. The van der Waals surface area contributed by atoms with Crippen molar-refractivity contribution in [2.45, 2.75) is 0 Å². The summed E-state index contributed by atoms with van der Waals surface area (Å²) in [5.74, 6) is 0. The molecule has 2 rings (SSSR count). The molecule has 1 heterocycles. The van der Waals surface area contributed by atoms with Crippen molar-refractivity contribution in [3.63, 3.8) is 0 Å². The van der Waals surface area contributed by atoms with Gasteiger partial charge in [-0.05, 0) is 32.6 Å². The number of nitrogens with one attached hydrogen (secondary N) is 1. The molecule has 2 aromatic rings. The topological polar surface area (TPSA) is 45.8 Å². The molecule has 90 valence electrons. The molecule has 4 heteroatoms. The largest absolute Gasteiger partial charge is 0.279 e. The highest BCUT2D eigenvalue weighted by molar-refractivity contribution is 9.10. The maximum Gasteiger partial charge on any atom is 0.279 e. The molecule has 0 fully saturated rings. The van der Waals surface area contributed by atoms with Gasteiger partial charge in [-0.3, -0.25) is 4.79 Å². The molecular formula is C14H11BrN2O. The van der Waals surface area contributed by atoms with Crippen molar-refractivity contribution < 1.29 is 0 Å². The first kappa shape index (κ1) is 12.5. The number of H-pyrrole nitrogens is 1.